The van der Waals surface area contributed by atoms with Gasteiger partial charge in [0.1, 0.15) is 5.82 Å². The molecule has 0 aliphatic heterocycles. The number of hydrogen-bond acceptors (Lipinski definition) is 1. The van der Waals surface area contributed by atoms with E-state index in [1.54, 1.807) is 18.2 Å². The minimum Gasteiger partial charge on any atom is -0.378 e. The maximum Gasteiger partial charge on any atom is 0.416 e. The van der Waals surface area contributed by atoms with Crippen molar-refractivity contribution in [1.82, 2.24) is 0 Å². The maximum atomic E-state index is 13.2. The highest BCUT2D eigenvalue weighted by atomic mass is 19.4. The molecule has 0 spiro atoms. The van der Waals surface area contributed by atoms with E-state index < -0.39 is 11.7 Å². The average Bonchev–Trinajstić information content (AvgIpc) is 2.44. The van der Waals surface area contributed by atoms with Gasteiger partial charge in [0.25, 0.3) is 0 Å². The first kappa shape index (κ1) is 15.4. The molecular weight excluding hydrogens is 282 g/mol. The smallest absolute Gasteiger partial charge is 0.378 e. The number of anilines is 1. The quantitative estimate of drug-likeness (QED) is 0.744. The Labute approximate surface area is 120 Å². The van der Waals surface area contributed by atoms with Crippen LogP contribution in [0.4, 0.5) is 23.2 Å². The van der Waals surface area contributed by atoms with Crippen LogP contribution in [0.25, 0.3) is 0 Å². The number of halogens is 4. The second kappa shape index (κ2) is 6.16. The Bertz CT molecular complexity index is 607. The summed E-state index contributed by atoms with van der Waals surface area (Å²) in [5.74, 6) is -0.364. The lowest BCUT2D eigenvalue weighted by Crippen LogP contribution is -2.11. The third-order valence-corrected chi connectivity index (χ3v) is 3.19. The summed E-state index contributed by atoms with van der Waals surface area (Å²) in [5.41, 5.74) is 0.359. The molecule has 0 fully saturated rings. The van der Waals surface area contributed by atoms with Gasteiger partial charge in [0.15, 0.2) is 0 Å². The minimum atomic E-state index is -4.38. The molecule has 0 heterocycles. The average molecular weight is 297 g/mol. The molecule has 0 radical (unpaired) electrons. The Hall–Kier alpha value is -2.04. The molecule has 0 saturated carbocycles. The third kappa shape index (κ3) is 3.97. The molecule has 0 amide bonds. The summed E-state index contributed by atoms with van der Waals surface area (Å²) in [4.78, 5) is 0. The van der Waals surface area contributed by atoms with Gasteiger partial charge in [0.2, 0.25) is 0 Å². The lowest BCUT2D eigenvalue weighted by molar-refractivity contribution is -0.137. The van der Waals surface area contributed by atoms with Gasteiger partial charge >= 0.3 is 6.18 Å². The zero-order valence-corrected chi connectivity index (χ0v) is 11.4. The predicted octanol–water partition coefficient (Wildman–Crippen LogP) is 5.41. The van der Waals surface area contributed by atoms with Gasteiger partial charge in [-0.2, -0.15) is 13.2 Å². The SMILES string of the molecule is CCC(Nc1cccc(C(F)(F)F)c1)c1cccc(F)c1. The van der Waals surface area contributed by atoms with Crippen LogP contribution < -0.4 is 5.32 Å². The molecule has 1 unspecified atom stereocenters. The Morgan fingerprint density at radius 2 is 1.76 bits per heavy atom. The van der Waals surface area contributed by atoms with Crippen LogP contribution in [0, 0.1) is 5.82 Å². The summed E-state index contributed by atoms with van der Waals surface area (Å²) in [6.07, 6.45) is -3.75. The van der Waals surface area contributed by atoms with Gasteiger partial charge < -0.3 is 5.32 Å². The highest BCUT2D eigenvalue weighted by Gasteiger charge is 2.30. The molecule has 2 aromatic carbocycles. The lowest BCUT2D eigenvalue weighted by atomic mass is 10.0. The molecule has 0 saturated heterocycles. The van der Waals surface area contributed by atoms with Crippen molar-refractivity contribution in [2.75, 3.05) is 5.32 Å². The van der Waals surface area contributed by atoms with Crippen molar-refractivity contribution in [3.05, 3.63) is 65.5 Å². The van der Waals surface area contributed by atoms with Crippen LogP contribution in [0.1, 0.15) is 30.5 Å². The minimum absolute atomic E-state index is 0.246. The molecule has 2 rings (SSSR count). The fourth-order valence-corrected chi connectivity index (χ4v) is 2.13. The number of hydrogen-bond donors (Lipinski definition) is 1. The molecule has 1 N–H and O–H groups in total. The van der Waals surface area contributed by atoms with E-state index in [0.717, 1.165) is 12.1 Å². The van der Waals surface area contributed by atoms with Gasteiger partial charge in [0.05, 0.1) is 11.6 Å². The first-order valence-electron chi connectivity index (χ1n) is 6.59. The normalized spacial score (nSPS) is 13.0. The van der Waals surface area contributed by atoms with Crippen LogP contribution >= 0.6 is 0 Å². The summed E-state index contributed by atoms with van der Waals surface area (Å²) in [6, 6.07) is 10.8. The van der Waals surface area contributed by atoms with E-state index in [1.165, 1.54) is 18.2 Å². The topological polar surface area (TPSA) is 12.0 Å². The van der Waals surface area contributed by atoms with Gasteiger partial charge in [-0.05, 0) is 42.3 Å². The molecule has 21 heavy (non-hydrogen) atoms. The predicted molar refractivity (Wildman–Crippen MR) is 74.5 cm³/mol. The molecule has 2 aromatic rings. The number of benzene rings is 2. The first-order chi connectivity index (χ1) is 9.90. The van der Waals surface area contributed by atoms with Crippen molar-refractivity contribution >= 4 is 5.69 Å². The standard InChI is InChI=1S/C16H15F4N/c1-2-15(11-5-3-7-13(17)9-11)21-14-8-4-6-12(10-14)16(18,19)20/h3-10,15,21H,2H2,1H3. The Balaban J connectivity index is 2.23. The molecular formula is C16H15F4N. The van der Waals surface area contributed by atoms with Crippen molar-refractivity contribution in [2.24, 2.45) is 0 Å². The van der Waals surface area contributed by atoms with Crippen LogP contribution in [-0.2, 0) is 6.18 Å². The van der Waals surface area contributed by atoms with Crippen LogP contribution in [0.5, 0.6) is 0 Å². The zero-order chi connectivity index (χ0) is 15.5. The second-order valence-corrected chi connectivity index (χ2v) is 4.74. The van der Waals surface area contributed by atoms with Gasteiger partial charge in [-0.1, -0.05) is 25.1 Å². The maximum absolute atomic E-state index is 13.2. The summed E-state index contributed by atoms with van der Waals surface area (Å²) in [7, 11) is 0. The number of nitrogens with one attached hydrogen (secondary N) is 1. The van der Waals surface area contributed by atoms with Crippen molar-refractivity contribution in [3.63, 3.8) is 0 Å². The van der Waals surface area contributed by atoms with Crippen LogP contribution in [0.3, 0.4) is 0 Å². The van der Waals surface area contributed by atoms with E-state index in [9.17, 15) is 17.6 Å². The third-order valence-electron chi connectivity index (χ3n) is 3.19. The van der Waals surface area contributed by atoms with Gasteiger partial charge in [0, 0.05) is 5.69 Å². The van der Waals surface area contributed by atoms with Crippen LogP contribution in [0.2, 0.25) is 0 Å². The van der Waals surface area contributed by atoms with Crippen molar-refractivity contribution in [3.8, 4) is 0 Å². The Morgan fingerprint density at radius 1 is 1.05 bits per heavy atom. The fourth-order valence-electron chi connectivity index (χ4n) is 2.13. The van der Waals surface area contributed by atoms with E-state index in [1.807, 2.05) is 6.92 Å². The lowest BCUT2D eigenvalue weighted by Gasteiger charge is -2.19. The van der Waals surface area contributed by atoms with Crippen molar-refractivity contribution in [2.45, 2.75) is 25.6 Å². The number of rotatable bonds is 4. The highest BCUT2D eigenvalue weighted by molar-refractivity contribution is 5.48. The van der Waals surface area contributed by atoms with Crippen LogP contribution in [0.15, 0.2) is 48.5 Å². The summed E-state index contributed by atoms with van der Waals surface area (Å²) in [6.45, 7) is 1.89. The molecule has 0 aliphatic rings. The molecule has 0 aromatic heterocycles. The Kier molecular flexibility index (Phi) is 4.50. The van der Waals surface area contributed by atoms with E-state index >= 15 is 0 Å². The van der Waals surface area contributed by atoms with Crippen molar-refractivity contribution < 1.29 is 17.6 Å². The second-order valence-electron chi connectivity index (χ2n) is 4.74. The number of alkyl halides is 3. The molecule has 5 heteroatoms. The summed E-state index contributed by atoms with van der Waals surface area (Å²) < 4.78 is 51.3. The van der Waals surface area contributed by atoms with Crippen LogP contribution in [-0.4, -0.2) is 0 Å². The molecule has 112 valence electrons. The van der Waals surface area contributed by atoms with E-state index in [4.69, 9.17) is 0 Å². The highest BCUT2D eigenvalue weighted by Crippen LogP contribution is 2.32. The summed E-state index contributed by atoms with van der Waals surface area (Å²) in [5, 5.41) is 3.02. The monoisotopic (exact) mass is 297 g/mol. The molecule has 1 nitrogen and oxygen atoms in total. The Morgan fingerprint density at radius 3 is 2.38 bits per heavy atom. The van der Waals surface area contributed by atoms with Crippen molar-refractivity contribution in [1.29, 1.82) is 0 Å². The van der Waals surface area contributed by atoms with E-state index in [2.05, 4.69) is 5.32 Å². The van der Waals surface area contributed by atoms with Gasteiger partial charge in [-0.25, -0.2) is 4.39 Å². The summed E-state index contributed by atoms with van der Waals surface area (Å²) >= 11 is 0. The van der Waals surface area contributed by atoms with Gasteiger partial charge in [-0.15, -0.1) is 0 Å². The van der Waals surface area contributed by atoms with E-state index in [-0.39, 0.29) is 11.9 Å². The molecule has 1 atom stereocenters. The fraction of sp³-hybridized carbons (Fsp3) is 0.250. The molecule has 0 bridgehead atoms. The zero-order valence-electron chi connectivity index (χ0n) is 11.4. The first-order valence-corrected chi connectivity index (χ1v) is 6.59. The van der Waals surface area contributed by atoms with Gasteiger partial charge in [-0.3, -0.25) is 0 Å². The van der Waals surface area contributed by atoms with E-state index in [0.29, 0.717) is 17.7 Å². The largest absolute Gasteiger partial charge is 0.416 e. The molecule has 0 aliphatic carbocycles.